The van der Waals surface area contributed by atoms with Gasteiger partial charge < -0.3 is 5.32 Å². The zero-order valence-electron chi connectivity index (χ0n) is 8.73. The third-order valence-electron chi connectivity index (χ3n) is 2.14. The van der Waals surface area contributed by atoms with E-state index in [0.717, 1.165) is 5.92 Å². The van der Waals surface area contributed by atoms with E-state index in [4.69, 9.17) is 0 Å². The van der Waals surface area contributed by atoms with Gasteiger partial charge in [-0.15, -0.1) is 0 Å². The van der Waals surface area contributed by atoms with Crippen molar-refractivity contribution in [3.8, 4) is 0 Å². The standard InChI is InChI=1S/C10H23NS/c1-4-10(2)9-11-7-5-6-8-12-3/h10-11H,4-9H2,1-3H3. The summed E-state index contributed by atoms with van der Waals surface area (Å²) in [7, 11) is 0. The fourth-order valence-corrected chi connectivity index (χ4v) is 1.48. The Kier molecular flexibility index (Phi) is 9.64. The number of unbranched alkanes of at least 4 members (excludes halogenated alkanes) is 1. The number of nitrogens with one attached hydrogen (secondary N) is 1. The molecule has 0 fully saturated rings. The minimum atomic E-state index is 0.838. The molecule has 0 radical (unpaired) electrons. The highest BCUT2D eigenvalue weighted by Crippen LogP contribution is 1.99. The van der Waals surface area contributed by atoms with E-state index < -0.39 is 0 Å². The molecular formula is C10H23NS. The lowest BCUT2D eigenvalue weighted by molar-refractivity contribution is 0.495. The third kappa shape index (κ3) is 8.41. The van der Waals surface area contributed by atoms with Crippen LogP contribution < -0.4 is 5.32 Å². The Balaban J connectivity index is 2.90. The zero-order chi connectivity index (χ0) is 9.23. The van der Waals surface area contributed by atoms with Crippen molar-refractivity contribution in [2.75, 3.05) is 25.1 Å². The molecule has 0 rings (SSSR count). The lowest BCUT2D eigenvalue weighted by Gasteiger charge is -2.09. The smallest absolute Gasteiger partial charge is 0.00233 e. The number of rotatable bonds is 8. The zero-order valence-corrected chi connectivity index (χ0v) is 9.54. The van der Waals surface area contributed by atoms with E-state index in [1.54, 1.807) is 0 Å². The number of hydrogen-bond donors (Lipinski definition) is 1. The van der Waals surface area contributed by atoms with Crippen LogP contribution in [-0.4, -0.2) is 25.1 Å². The van der Waals surface area contributed by atoms with Crippen molar-refractivity contribution >= 4 is 11.8 Å². The molecule has 1 atom stereocenters. The molecule has 1 N–H and O–H groups in total. The number of hydrogen-bond acceptors (Lipinski definition) is 2. The summed E-state index contributed by atoms with van der Waals surface area (Å²) in [5, 5.41) is 3.49. The lowest BCUT2D eigenvalue weighted by Crippen LogP contribution is -2.21. The Labute approximate surface area is 81.7 Å². The molecule has 0 amide bonds. The molecule has 0 aromatic rings. The average Bonchev–Trinajstić information content (AvgIpc) is 2.10. The summed E-state index contributed by atoms with van der Waals surface area (Å²) in [6.07, 6.45) is 6.15. The van der Waals surface area contributed by atoms with Crippen LogP contribution in [0.25, 0.3) is 0 Å². The maximum atomic E-state index is 3.49. The minimum absolute atomic E-state index is 0.838. The predicted molar refractivity (Wildman–Crippen MR) is 59.9 cm³/mol. The second kappa shape index (κ2) is 9.40. The van der Waals surface area contributed by atoms with Crippen LogP contribution in [0.4, 0.5) is 0 Å². The van der Waals surface area contributed by atoms with Crippen molar-refractivity contribution in [3.05, 3.63) is 0 Å². The summed E-state index contributed by atoms with van der Waals surface area (Å²) in [5.74, 6) is 2.15. The van der Waals surface area contributed by atoms with Crippen LogP contribution in [0.2, 0.25) is 0 Å². The molecular weight excluding hydrogens is 166 g/mol. The monoisotopic (exact) mass is 189 g/mol. The first-order valence-electron chi connectivity index (χ1n) is 5.00. The van der Waals surface area contributed by atoms with Gasteiger partial charge in [-0.05, 0) is 43.9 Å². The highest BCUT2D eigenvalue weighted by molar-refractivity contribution is 7.98. The van der Waals surface area contributed by atoms with Gasteiger partial charge in [0.25, 0.3) is 0 Å². The van der Waals surface area contributed by atoms with Crippen LogP contribution >= 0.6 is 11.8 Å². The van der Waals surface area contributed by atoms with Crippen molar-refractivity contribution in [1.29, 1.82) is 0 Å². The minimum Gasteiger partial charge on any atom is -0.316 e. The van der Waals surface area contributed by atoms with Gasteiger partial charge in [-0.25, -0.2) is 0 Å². The molecule has 0 heterocycles. The topological polar surface area (TPSA) is 12.0 Å². The molecule has 2 heteroatoms. The van der Waals surface area contributed by atoms with E-state index in [-0.39, 0.29) is 0 Å². The molecule has 0 bridgehead atoms. The van der Waals surface area contributed by atoms with E-state index in [1.807, 2.05) is 11.8 Å². The van der Waals surface area contributed by atoms with Crippen molar-refractivity contribution < 1.29 is 0 Å². The molecule has 0 aromatic carbocycles. The Hall–Kier alpha value is 0.310. The van der Waals surface area contributed by atoms with Gasteiger partial charge in [0, 0.05) is 0 Å². The Morgan fingerprint density at radius 2 is 2.08 bits per heavy atom. The van der Waals surface area contributed by atoms with Crippen LogP contribution in [0.5, 0.6) is 0 Å². The highest BCUT2D eigenvalue weighted by atomic mass is 32.2. The molecule has 0 aliphatic heterocycles. The first-order chi connectivity index (χ1) is 5.81. The van der Waals surface area contributed by atoms with Gasteiger partial charge in [-0.3, -0.25) is 0 Å². The fraction of sp³-hybridized carbons (Fsp3) is 1.00. The molecule has 0 saturated carbocycles. The molecule has 12 heavy (non-hydrogen) atoms. The van der Waals surface area contributed by atoms with Crippen LogP contribution in [0.15, 0.2) is 0 Å². The molecule has 1 unspecified atom stereocenters. The van der Waals surface area contributed by atoms with Gasteiger partial charge in [0.2, 0.25) is 0 Å². The van der Waals surface area contributed by atoms with Gasteiger partial charge in [0.1, 0.15) is 0 Å². The van der Waals surface area contributed by atoms with Gasteiger partial charge in [-0.1, -0.05) is 20.3 Å². The largest absolute Gasteiger partial charge is 0.316 e. The van der Waals surface area contributed by atoms with Crippen LogP contribution in [-0.2, 0) is 0 Å². The molecule has 0 aromatic heterocycles. The Morgan fingerprint density at radius 1 is 1.33 bits per heavy atom. The third-order valence-corrected chi connectivity index (χ3v) is 2.84. The summed E-state index contributed by atoms with van der Waals surface area (Å²) in [6.45, 7) is 6.94. The molecule has 0 aliphatic rings. The maximum Gasteiger partial charge on any atom is -0.00233 e. The molecule has 0 spiro atoms. The van der Waals surface area contributed by atoms with Crippen molar-refractivity contribution in [3.63, 3.8) is 0 Å². The summed E-state index contributed by atoms with van der Waals surface area (Å²) in [6, 6.07) is 0. The van der Waals surface area contributed by atoms with Gasteiger partial charge in [-0.2, -0.15) is 11.8 Å². The molecule has 0 aliphatic carbocycles. The van der Waals surface area contributed by atoms with Crippen LogP contribution in [0.3, 0.4) is 0 Å². The first-order valence-corrected chi connectivity index (χ1v) is 6.40. The summed E-state index contributed by atoms with van der Waals surface area (Å²) in [5.41, 5.74) is 0. The Bertz CT molecular complexity index is 85.9. The van der Waals surface area contributed by atoms with Crippen molar-refractivity contribution in [1.82, 2.24) is 5.32 Å². The van der Waals surface area contributed by atoms with E-state index in [1.165, 1.54) is 38.1 Å². The van der Waals surface area contributed by atoms with Gasteiger partial charge in [0.05, 0.1) is 0 Å². The van der Waals surface area contributed by atoms with Gasteiger partial charge in [0.15, 0.2) is 0 Å². The quantitative estimate of drug-likeness (QED) is 0.589. The normalized spacial score (nSPS) is 13.2. The summed E-state index contributed by atoms with van der Waals surface area (Å²) in [4.78, 5) is 0. The van der Waals surface area contributed by atoms with E-state index in [0.29, 0.717) is 0 Å². The first kappa shape index (κ1) is 12.3. The Morgan fingerprint density at radius 3 is 2.67 bits per heavy atom. The van der Waals surface area contributed by atoms with Crippen LogP contribution in [0.1, 0.15) is 33.1 Å². The van der Waals surface area contributed by atoms with Crippen molar-refractivity contribution in [2.24, 2.45) is 5.92 Å². The van der Waals surface area contributed by atoms with E-state index in [2.05, 4.69) is 25.4 Å². The SMILES string of the molecule is CCC(C)CNCCCCSC. The maximum absolute atomic E-state index is 3.49. The lowest BCUT2D eigenvalue weighted by atomic mass is 10.1. The van der Waals surface area contributed by atoms with Crippen molar-refractivity contribution in [2.45, 2.75) is 33.1 Å². The summed E-state index contributed by atoms with van der Waals surface area (Å²) >= 11 is 1.94. The van der Waals surface area contributed by atoms with Crippen LogP contribution in [0, 0.1) is 5.92 Å². The van der Waals surface area contributed by atoms with Gasteiger partial charge >= 0.3 is 0 Å². The summed E-state index contributed by atoms with van der Waals surface area (Å²) < 4.78 is 0. The second-order valence-electron chi connectivity index (χ2n) is 3.42. The predicted octanol–water partition coefficient (Wildman–Crippen LogP) is 2.77. The molecule has 74 valence electrons. The van der Waals surface area contributed by atoms with E-state index in [9.17, 15) is 0 Å². The molecule has 0 saturated heterocycles. The van der Waals surface area contributed by atoms with E-state index >= 15 is 0 Å². The average molecular weight is 189 g/mol. The fourth-order valence-electron chi connectivity index (χ4n) is 0.989. The highest BCUT2D eigenvalue weighted by Gasteiger charge is 1.96. The second-order valence-corrected chi connectivity index (χ2v) is 4.40. The number of thioether (sulfide) groups is 1. The molecule has 1 nitrogen and oxygen atoms in total.